The van der Waals surface area contributed by atoms with Crippen LogP contribution in [-0.4, -0.2) is 80.0 Å². The van der Waals surface area contributed by atoms with Gasteiger partial charge in [0.25, 0.3) is 0 Å². The molecule has 0 spiro atoms. The predicted molar refractivity (Wildman–Crippen MR) is 234 cm³/mol. The van der Waals surface area contributed by atoms with E-state index in [1.807, 2.05) is 42.5 Å². The van der Waals surface area contributed by atoms with Crippen molar-refractivity contribution in [3.8, 4) is 33.8 Å². The SMILES string of the molecule is CC(=O)[C@@H]1Cc2ccc(OCCN)c(c2)-c2cc(ccc2OCCN)[C@H](N(C)C(=O)[C@H](CCCCN)CC(=O)c2ccc(-c3ccccc3Cl)cc2)C(=O)C[C@@H](C)C(=O)N1. The van der Waals surface area contributed by atoms with E-state index in [4.69, 9.17) is 38.3 Å². The smallest absolute Gasteiger partial charge is 0.226 e. The van der Waals surface area contributed by atoms with Gasteiger partial charge >= 0.3 is 0 Å². The molecule has 0 radical (unpaired) electrons. The molecule has 4 aromatic carbocycles. The molecule has 1 heterocycles. The maximum atomic E-state index is 14.8. The standard InChI is InChI=1S/C47H56ClN5O7/c1-29-24-42(56)45(53(3)47(58)35(8-6-7-19-49)28-41(55)33-14-12-32(13-15-33)36-9-4-5-10-39(36)48)34-16-18-44(60-23-21-51)38(27-34)37-25-31(11-17-43(37)59-22-20-50)26-40(30(2)54)52-46(29)57/h4-5,9-18,25,27,29,35,40,45H,6-8,19-24,26,28,49-51H2,1-3H3,(H,52,57)/t29-,35-,40+,45+/m1/s1. The van der Waals surface area contributed by atoms with Crippen LogP contribution < -0.4 is 32.0 Å². The molecular formula is C47H56ClN5O7. The molecule has 1 aliphatic rings. The minimum absolute atomic E-state index is 0.100. The summed E-state index contributed by atoms with van der Waals surface area (Å²) in [4.78, 5) is 71.1. The molecule has 0 saturated heterocycles. The lowest BCUT2D eigenvalue weighted by atomic mass is 9.87. The Balaban J connectivity index is 1.58. The second-order valence-electron chi connectivity index (χ2n) is 15.3. The minimum Gasteiger partial charge on any atom is -0.492 e. The number of hydrogen-bond acceptors (Lipinski definition) is 10. The fourth-order valence-electron chi connectivity index (χ4n) is 7.55. The summed E-state index contributed by atoms with van der Waals surface area (Å²) in [7, 11) is 1.55. The molecular weight excluding hydrogens is 782 g/mol. The van der Waals surface area contributed by atoms with Gasteiger partial charge in [0.05, 0.1) is 6.04 Å². The van der Waals surface area contributed by atoms with E-state index in [1.54, 1.807) is 56.4 Å². The van der Waals surface area contributed by atoms with Crippen LogP contribution in [0, 0.1) is 11.8 Å². The van der Waals surface area contributed by atoms with Crippen LogP contribution in [0.5, 0.6) is 11.5 Å². The van der Waals surface area contributed by atoms with Gasteiger partial charge in [-0.15, -0.1) is 0 Å². The Bertz CT molecular complexity index is 2160. The number of ketones is 3. The van der Waals surface area contributed by atoms with Crippen LogP contribution >= 0.6 is 11.6 Å². The first-order valence-corrected chi connectivity index (χ1v) is 20.9. The number of nitrogens with zero attached hydrogens (tertiary/aromatic N) is 1. The molecule has 4 bridgehead atoms. The molecule has 2 amide bonds. The molecule has 7 N–H and O–H groups in total. The minimum atomic E-state index is -1.17. The lowest BCUT2D eigenvalue weighted by Crippen LogP contribution is -2.45. The Kier molecular flexibility index (Phi) is 16.5. The molecule has 318 valence electrons. The van der Waals surface area contributed by atoms with Crippen molar-refractivity contribution in [1.29, 1.82) is 0 Å². The summed E-state index contributed by atoms with van der Waals surface area (Å²) in [5, 5.41) is 3.44. The Morgan fingerprint density at radius 3 is 2.10 bits per heavy atom. The molecule has 0 fully saturated rings. The number of hydrogen-bond donors (Lipinski definition) is 4. The molecule has 1 aliphatic heterocycles. The van der Waals surface area contributed by atoms with Crippen LogP contribution in [0.3, 0.4) is 0 Å². The zero-order valence-electron chi connectivity index (χ0n) is 34.6. The van der Waals surface area contributed by atoms with Crippen molar-refractivity contribution >= 4 is 40.8 Å². The average molecular weight is 838 g/mol. The fourth-order valence-corrected chi connectivity index (χ4v) is 7.79. The van der Waals surface area contributed by atoms with Crippen molar-refractivity contribution in [3.05, 3.63) is 107 Å². The van der Waals surface area contributed by atoms with Gasteiger partial charge in [-0.25, -0.2) is 0 Å². The number of amides is 2. The van der Waals surface area contributed by atoms with Gasteiger partial charge in [0, 0.05) is 72.1 Å². The third-order valence-corrected chi connectivity index (χ3v) is 11.2. The summed E-state index contributed by atoms with van der Waals surface area (Å²) < 4.78 is 12.2. The van der Waals surface area contributed by atoms with Crippen molar-refractivity contribution in [2.45, 2.75) is 64.5 Å². The van der Waals surface area contributed by atoms with E-state index in [2.05, 4.69) is 5.32 Å². The van der Waals surface area contributed by atoms with Crippen LogP contribution in [-0.2, 0) is 25.6 Å². The summed E-state index contributed by atoms with van der Waals surface area (Å²) >= 11 is 6.42. The molecule has 60 heavy (non-hydrogen) atoms. The van der Waals surface area contributed by atoms with Crippen molar-refractivity contribution in [2.75, 3.05) is 39.9 Å². The second-order valence-corrected chi connectivity index (χ2v) is 15.7. The Hall–Kier alpha value is -5.40. The van der Waals surface area contributed by atoms with Crippen LogP contribution in [0.25, 0.3) is 22.3 Å². The normalized spacial score (nSPS) is 17.2. The Morgan fingerprint density at radius 2 is 1.47 bits per heavy atom. The van der Waals surface area contributed by atoms with E-state index in [-0.39, 0.29) is 57.1 Å². The Labute approximate surface area is 357 Å². The maximum absolute atomic E-state index is 14.8. The Morgan fingerprint density at radius 1 is 0.817 bits per heavy atom. The highest BCUT2D eigenvalue weighted by atomic mass is 35.5. The van der Waals surface area contributed by atoms with Gasteiger partial charge in [-0.1, -0.05) is 79.5 Å². The average Bonchev–Trinajstić information content (AvgIpc) is 3.24. The lowest BCUT2D eigenvalue weighted by molar-refractivity contribution is -0.142. The van der Waals surface area contributed by atoms with Gasteiger partial charge in [-0.2, -0.15) is 0 Å². The number of halogens is 1. The van der Waals surface area contributed by atoms with E-state index >= 15 is 0 Å². The third-order valence-electron chi connectivity index (χ3n) is 10.8. The second kappa shape index (κ2) is 21.7. The van der Waals surface area contributed by atoms with E-state index in [9.17, 15) is 24.0 Å². The van der Waals surface area contributed by atoms with Gasteiger partial charge in [0.1, 0.15) is 30.8 Å². The quantitative estimate of drug-likeness (QED) is 0.0713. The molecule has 12 nitrogen and oxygen atoms in total. The van der Waals surface area contributed by atoms with E-state index in [0.29, 0.717) is 64.6 Å². The summed E-state index contributed by atoms with van der Waals surface area (Å²) in [5.74, 6) is -2.42. The number of benzene rings is 4. The fraction of sp³-hybridized carbons (Fsp3) is 0.383. The molecule has 0 saturated carbocycles. The molecule has 0 unspecified atom stereocenters. The van der Waals surface area contributed by atoms with Crippen LogP contribution in [0.1, 0.15) is 73.5 Å². The van der Waals surface area contributed by atoms with Crippen LogP contribution in [0.4, 0.5) is 0 Å². The highest BCUT2D eigenvalue weighted by Crippen LogP contribution is 2.41. The zero-order chi connectivity index (χ0) is 43.3. The first-order valence-electron chi connectivity index (χ1n) is 20.5. The van der Waals surface area contributed by atoms with Gasteiger partial charge in [0.2, 0.25) is 11.8 Å². The first kappa shape index (κ1) is 45.7. The number of carbonyl (C=O) groups excluding carboxylic acids is 5. The number of carbonyl (C=O) groups is 5. The summed E-state index contributed by atoms with van der Waals surface area (Å²) in [5.41, 5.74) is 22.0. The van der Waals surface area contributed by atoms with Crippen molar-refractivity contribution in [2.24, 2.45) is 29.0 Å². The van der Waals surface area contributed by atoms with Gasteiger partial charge in [-0.05, 0) is 79.8 Å². The van der Waals surface area contributed by atoms with Crippen LogP contribution in [0.2, 0.25) is 5.02 Å². The zero-order valence-corrected chi connectivity index (χ0v) is 35.3. The number of fused-ring (bicyclic) bond motifs is 5. The van der Waals surface area contributed by atoms with E-state index < -0.39 is 41.5 Å². The van der Waals surface area contributed by atoms with Gasteiger partial charge < -0.3 is 36.9 Å². The third kappa shape index (κ3) is 11.4. The van der Waals surface area contributed by atoms with Crippen molar-refractivity contribution in [1.82, 2.24) is 10.2 Å². The largest absolute Gasteiger partial charge is 0.492 e. The monoisotopic (exact) mass is 837 g/mol. The number of rotatable bonds is 17. The van der Waals surface area contributed by atoms with Gasteiger partial charge in [-0.3, -0.25) is 24.0 Å². The molecule has 4 atom stereocenters. The van der Waals surface area contributed by atoms with E-state index in [0.717, 1.165) is 16.7 Å². The molecule has 0 aliphatic carbocycles. The highest BCUT2D eigenvalue weighted by molar-refractivity contribution is 6.33. The maximum Gasteiger partial charge on any atom is 0.226 e. The number of ether oxygens (including phenoxy) is 2. The first-order chi connectivity index (χ1) is 28.9. The molecule has 13 heteroatoms. The lowest BCUT2D eigenvalue weighted by Gasteiger charge is -2.32. The summed E-state index contributed by atoms with van der Waals surface area (Å²) in [6.07, 6.45) is 1.46. The number of nitrogens with one attached hydrogen (secondary N) is 1. The number of nitrogens with two attached hydrogens (primary N) is 3. The van der Waals surface area contributed by atoms with Crippen molar-refractivity contribution < 1.29 is 33.4 Å². The van der Waals surface area contributed by atoms with Crippen molar-refractivity contribution in [3.63, 3.8) is 0 Å². The molecule has 0 aromatic heterocycles. The predicted octanol–water partition coefficient (Wildman–Crippen LogP) is 6.09. The topological polar surface area (TPSA) is 197 Å². The van der Waals surface area contributed by atoms with E-state index in [1.165, 1.54) is 11.8 Å². The van der Waals surface area contributed by atoms with Crippen LogP contribution in [0.15, 0.2) is 84.9 Å². The molecule has 5 rings (SSSR count). The number of Topliss-reactive ketones (excluding diaryl/α,β-unsaturated/α-hetero) is 3. The summed E-state index contributed by atoms with van der Waals surface area (Å²) in [6, 6.07) is 23.2. The highest BCUT2D eigenvalue weighted by Gasteiger charge is 2.36. The number of unbranched alkanes of at least 4 members (excludes halogenated alkanes) is 1. The van der Waals surface area contributed by atoms with Gasteiger partial charge in [0.15, 0.2) is 17.3 Å². The number of likely N-dealkylation sites (N-methyl/N-ethyl adjacent to an activating group) is 1. The molecule has 4 aromatic rings. The summed E-state index contributed by atoms with van der Waals surface area (Å²) in [6.45, 7) is 4.35.